The Labute approximate surface area is 162 Å². The molecular weight excluding hydrogens is 375 g/mol. The van der Waals surface area contributed by atoms with Crippen LogP contribution in [-0.4, -0.2) is 55.2 Å². The molecule has 1 aromatic carbocycles. The van der Waals surface area contributed by atoms with E-state index in [9.17, 15) is 4.79 Å². The van der Waals surface area contributed by atoms with Gasteiger partial charge in [0.1, 0.15) is 5.69 Å². The molecule has 0 saturated carbocycles. The Morgan fingerprint density at radius 2 is 2.00 bits per heavy atom. The zero-order valence-electron chi connectivity index (χ0n) is 14.2. The summed E-state index contributed by atoms with van der Waals surface area (Å²) in [6.45, 7) is 4.65. The summed E-state index contributed by atoms with van der Waals surface area (Å²) in [7, 11) is 0. The number of ether oxygens (including phenoxy) is 1. The van der Waals surface area contributed by atoms with Crippen molar-refractivity contribution in [1.29, 1.82) is 0 Å². The summed E-state index contributed by atoms with van der Waals surface area (Å²) in [5.74, 6) is -0.209. The van der Waals surface area contributed by atoms with Crippen molar-refractivity contribution in [3.63, 3.8) is 0 Å². The van der Waals surface area contributed by atoms with E-state index in [1.165, 1.54) is 0 Å². The van der Waals surface area contributed by atoms with Crippen molar-refractivity contribution in [1.82, 2.24) is 15.2 Å². The molecule has 0 atom stereocenters. The largest absolute Gasteiger partial charge is 0.379 e. The minimum absolute atomic E-state index is 0.209. The summed E-state index contributed by atoms with van der Waals surface area (Å²) in [5.41, 5.74) is 1.72. The number of halogens is 2. The standard InChI is InChI=1S/C18H20Cl2N4O2/c19-13-1-2-15(20)16(11-13)23-14-3-4-21-17(12-14)18(25)22-5-6-24-7-9-26-10-8-24/h1-4,11-12H,5-10H2,(H,21,23)(H,22,25). The van der Waals surface area contributed by atoms with Crippen molar-refractivity contribution in [3.05, 3.63) is 52.3 Å². The Balaban J connectivity index is 1.57. The van der Waals surface area contributed by atoms with E-state index in [0.717, 1.165) is 32.8 Å². The molecule has 1 saturated heterocycles. The van der Waals surface area contributed by atoms with Gasteiger partial charge in [-0.25, -0.2) is 0 Å². The first kappa shape index (κ1) is 18.9. The highest BCUT2D eigenvalue weighted by molar-refractivity contribution is 6.35. The van der Waals surface area contributed by atoms with E-state index in [4.69, 9.17) is 27.9 Å². The molecule has 8 heteroatoms. The first-order chi connectivity index (χ1) is 12.6. The molecule has 1 fully saturated rings. The Bertz CT molecular complexity index is 767. The van der Waals surface area contributed by atoms with E-state index in [0.29, 0.717) is 33.7 Å². The van der Waals surface area contributed by atoms with Crippen LogP contribution in [0.5, 0.6) is 0 Å². The second kappa shape index (κ2) is 9.19. The van der Waals surface area contributed by atoms with Crippen LogP contribution in [0.25, 0.3) is 0 Å². The number of nitrogens with zero attached hydrogens (tertiary/aromatic N) is 2. The predicted molar refractivity (Wildman–Crippen MR) is 104 cm³/mol. The van der Waals surface area contributed by atoms with Gasteiger partial charge in [-0.15, -0.1) is 0 Å². The van der Waals surface area contributed by atoms with Crippen molar-refractivity contribution in [2.24, 2.45) is 0 Å². The van der Waals surface area contributed by atoms with Gasteiger partial charge in [0, 0.05) is 43.1 Å². The lowest BCUT2D eigenvalue weighted by Crippen LogP contribution is -2.41. The first-order valence-corrected chi connectivity index (χ1v) is 9.14. The van der Waals surface area contributed by atoms with Gasteiger partial charge in [-0.2, -0.15) is 0 Å². The lowest BCUT2D eigenvalue weighted by Gasteiger charge is -2.26. The number of nitrogens with one attached hydrogen (secondary N) is 2. The maximum Gasteiger partial charge on any atom is 0.269 e. The third-order valence-corrected chi connectivity index (χ3v) is 4.58. The Morgan fingerprint density at radius 1 is 1.19 bits per heavy atom. The van der Waals surface area contributed by atoms with Gasteiger partial charge in [0.05, 0.1) is 23.9 Å². The monoisotopic (exact) mass is 394 g/mol. The number of rotatable bonds is 6. The molecule has 0 unspecified atom stereocenters. The van der Waals surface area contributed by atoms with Gasteiger partial charge in [-0.05, 0) is 30.3 Å². The predicted octanol–water partition coefficient (Wildman–Crippen LogP) is 3.19. The molecule has 1 aliphatic heterocycles. The van der Waals surface area contributed by atoms with E-state index in [-0.39, 0.29) is 5.91 Å². The summed E-state index contributed by atoms with van der Waals surface area (Å²) in [6, 6.07) is 8.61. The molecule has 0 spiro atoms. The molecule has 1 amide bonds. The number of aromatic nitrogens is 1. The van der Waals surface area contributed by atoms with E-state index < -0.39 is 0 Å². The molecule has 1 aliphatic rings. The van der Waals surface area contributed by atoms with Crippen LogP contribution in [0.1, 0.15) is 10.5 Å². The van der Waals surface area contributed by atoms with Gasteiger partial charge in [-0.1, -0.05) is 23.2 Å². The van der Waals surface area contributed by atoms with E-state index in [1.807, 2.05) is 0 Å². The zero-order valence-corrected chi connectivity index (χ0v) is 15.7. The van der Waals surface area contributed by atoms with Crippen LogP contribution in [0.2, 0.25) is 10.0 Å². The van der Waals surface area contributed by atoms with Gasteiger partial charge >= 0.3 is 0 Å². The minimum atomic E-state index is -0.209. The van der Waals surface area contributed by atoms with E-state index in [1.54, 1.807) is 36.5 Å². The molecule has 0 aliphatic carbocycles. The quantitative estimate of drug-likeness (QED) is 0.787. The molecular formula is C18H20Cl2N4O2. The second-order valence-corrected chi connectivity index (χ2v) is 6.73. The van der Waals surface area contributed by atoms with Crippen LogP contribution in [0.15, 0.2) is 36.5 Å². The Kier molecular flexibility index (Phi) is 6.68. The molecule has 2 N–H and O–H groups in total. The molecule has 26 heavy (non-hydrogen) atoms. The topological polar surface area (TPSA) is 66.5 Å². The smallest absolute Gasteiger partial charge is 0.269 e. The van der Waals surface area contributed by atoms with Crippen LogP contribution >= 0.6 is 23.2 Å². The first-order valence-electron chi connectivity index (χ1n) is 8.38. The number of pyridine rings is 1. The van der Waals surface area contributed by atoms with Crippen LogP contribution in [0, 0.1) is 0 Å². The van der Waals surface area contributed by atoms with Crippen LogP contribution in [0.3, 0.4) is 0 Å². The van der Waals surface area contributed by atoms with E-state index >= 15 is 0 Å². The van der Waals surface area contributed by atoms with Crippen molar-refractivity contribution in [2.75, 3.05) is 44.7 Å². The third-order valence-electron chi connectivity index (χ3n) is 4.02. The highest BCUT2D eigenvalue weighted by atomic mass is 35.5. The molecule has 1 aromatic heterocycles. The van der Waals surface area contributed by atoms with Crippen LogP contribution in [-0.2, 0) is 4.74 Å². The Morgan fingerprint density at radius 3 is 2.81 bits per heavy atom. The van der Waals surface area contributed by atoms with Crippen molar-refractivity contribution in [3.8, 4) is 0 Å². The second-order valence-electron chi connectivity index (χ2n) is 5.89. The average molecular weight is 395 g/mol. The highest BCUT2D eigenvalue weighted by Crippen LogP contribution is 2.28. The number of amides is 1. The summed E-state index contributed by atoms with van der Waals surface area (Å²) in [5, 5.41) is 7.18. The fraction of sp³-hybridized carbons (Fsp3) is 0.333. The lowest BCUT2D eigenvalue weighted by atomic mass is 10.2. The number of anilines is 2. The fourth-order valence-electron chi connectivity index (χ4n) is 2.62. The van der Waals surface area contributed by atoms with Gasteiger partial charge < -0.3 is 15.4 Å². The number of benzene rings is 1. The van der Waals surface area contributed by atoms with Gasteiger partial charge in [0.15, 0.2) is 0 Å². The zero-order chi connectivity index (χ0) is 18.4. The summed E-state index contributed by atoms with van der Waals surface area (Å²) < 4.78 is 5.31. The summed E-state index contributed by atoms with van der Waals surface area (Å²) in [4.78, 5) is 18.7. The number of carbonyl (C=O) groups excluding carboxylic acids is 1. The molecule has 2 aromatic rings. The molecule has 0 bridgehead atoms. The SMILES string of the molecule is O=C(NCCN1CCOCC1)c1cc(Nc2cc(Cl)ccc2Cl)ccn1. The average Bonchev–Trinajstić information content (AvgIpc) is 2.66. The summed E-state index contributed by atoms with van der Waals surface area (Å²) >= 11 is 12.2. The van der Waals surface area contributed by atoms with Crippen molar-refractivity contribution in [2.45, 2.75) is 0 Å². The lowest BCUT2D eigenvalue weighted by molar-refractivity contribution is 0.0383. The van der Waals surface area contributed by atoms with E-state index in [2.05, 4.69) is 20.5 Å². The Hall–Kier alpha value is -1.86. The van der Waals surface area contributed by atoms with Crippen LogP contribution in [0.4, 0.5) is 11.4 Å². The van der Waals surface area contributed by atoms with Gasteiger partial charge in [0.25, 0.3) is 5.91 Å². The molecule has 6 nitrogen and oxygen atoms in total. The molecule has 138 valence electrons. The van der Waals surface area contributed by atoms with Crippen LogP contribution < -0.4 is 10.6 Å². The summed E-state index contributed by atoms with van der Waals surface area (Å²) in [6.07, 6.45) is 1.58. The number of hydrogen-bond donors (Lipinski definition) is 2. The van der Waals surface area contributed by atoms with Crippen molar-refractivity contribution >= 4 is 40.5 Å². The molecule has 2 heterocycles. The number of hydrogen-bond acceptors (Lipinski definition) is 5. The normalized spacial score (nSPS) is 14.8. The van der Waals surface area contributed by atoms with Gasteiger partial charge in [0.2, 0.25) is 0 Å². The fourth-order valence-corrected chi connectivity index (χ4v) is 2.96. The number of carbonyl (C=O) groups is 1. The third kappa shape index (κ3) is 5.32. The maximum atomic E-state index is 12.3. The highest BCUT2D eigenvalue weighted by Gasteiger charge is 2.12. The molecule has 3 rings (SSSR count). The maximum absolute atomic E-state index is 12.3. The molecule has 0 radical (unpaired) electrons. The van der Waals surface area contributed by atoms with Crippen molar-refractivity contribution < 1.29 is 9.53 Å². The van der Waals surface area contributed by atoms with Gasteiger partial charge in [-0.3, -0.25) is 14.7 Å². The minimum Gasteiger partial charge on any atom is -0.379 e. The number of morpholine rings is 1.